The van der Waals surface area contributed by atoms with Gasteiger partial charge in [0.2, 0.25) is 11.8 Å². The Bertz CT molecular complexity index is 539. The van der Waals surface area contributed by atoms with Crippen LogP contribution in [0.5, 0.6) is 0 Å². The van der Waals surface area contributed by atoms with E-state index in [-0.39, 0.29) is 17.9 Å². The minimum absolute atomic E-state index is 0.0512. The summed E-state index contributed by atoms with van der Waals surface area (Å²) in [6, 6.07) is 5.54. The Morgan fingerprint density at radius 2 is 2.14 bits per heavy atom. The summed E-state index contributed by atoms with van der Waals surface area (Å²) in [6.45, 7) is 5.74. The fraction of sp³-hybridized carbons (Fsp3) is 0.500. The molecule has 1 aliphatic heterocycles. The van der Waals surface area contributed by atoms with Crippen LogP contribution in [0.3, 0.4) is 0 Å². The SMILES string of the molecule is CCC(=O)Nc1ccc(C)c(NC(=O)CC2COCCN2)c1. The van der Waals surface area contributed by atoms with Gasteiger partial charge in [0.15, 0.2) is 0 Å². The Labute approximate surface area is 130 Å². The van der Waals surface area contributed by atoms with Gasteiger partial charge in [-0.2, -0.15) is 0 Å². The molecule has 1 saturated heterocycles. The Balaban J connectivity index is 1.96. The van der Waals surface area contributed by atoms with E-state index >= 15 is 0 Å². The zero-order valence-corrected chi connectivity index (χ0v) is 13.1. The highest BCUT2D eigenvalue weighted by Crippen LogP contribution is 2.21. The average Bonchev–Trinajstić information content (AvgIpc) is 2.51. The topological polar surface area (TPSA) is 79.5 Å². The first-order valence-corrected chi connectivity index (χ1v) is 7.60. The first-order valence-electron chi connectivity index (χ1n) is 7.60. The lowest BCUT2D eigenvalue weighted by molar-refractivity contribution is -0.117. The third-order valence-electron chi connectivity index (χ3n) is 3.55. The van der Waals surface area contributed by atoms with E-state index < -0.39 is 0 Å². The van der Waals surface area contributed by atoms with E-state index in [4.69, 9.17) is 4.74 Å². The van der Waals surface area contributed by atoms with Crippen molar-refractivity contribution in [2.75, 3.05) is 30.4 Å². The smallest absolute Gasteiger partial charge is 0.226 e. The highest BCUT2D eigenvalue weighted by atomic mass is 16.5. The molecule has 1 aliphatic rings. The standard InChI is InChI=1S/C16H23N3O3/c1-3-15(20)18-12-5-4-11(2)14(8-12)19-16(21)9-13-10-22-7-6-17-13/h4-5,8,13,17H,3,6-7,9-10H2,1-2H3,(H,18,20)(H,19,21). The molecule has 2 amide bonds. The summed E-state index contributed by atoms with van der Waals surface area (Å²) in [7, 11) is 0. The summed E-state index contributed by atoms with van der Waals surface area (Å²) < 4.78 is 5.34. The maximum atomic E-state index is 12.1. The Morgan fingerprint density at radius 1 is 1.32 bits per heavy atom. The first-order chi connectivity index (χ1) is 10.6. The van der Waals surface area contributed by atoms with E-state index in [0.717, 1.165) is 17.8 Å². The number of ether oxygens (including phenoxy) is 1. The van der Waals surface area contributed by atoms with E-state index in [0.29, 0.717) is 31.7 Å². The predicted molar refractivity (Wildman–Crippen MR) is 86.0 cm³/mol. The average molecular weight is 305 g/mol. The van der Waals surface area contributed by atoms with Crippen LogP contribution in [0.25, 0.3) is 0 Å². The number of anilines is 2. The molecule has 1 fully saturated rings. The molecule has 1 atom stereocenters. The monoisotopic (exact) mass is 305 g/mol. The molecule has 0 bridgehead atoms. The van der Waals surface area contributed by atoms with Gasteiger partial charge < -0.3 is 20.7 Å². The molecule has 1 unspecified atom stereocenters. The highest BCUT2D eigenvalue weighted by molar-refractivity contribution is 5.94. The molecule has 6 nitrogen and oxygen atoms in total. The van der Waals surface area contributed by atoms with Gasteiger partial charge in [0, 0.05) is 36.8 Å². The molecule has 6 heteroatoms. The van der Waals surface area contributed by atoms with Crippen LogP contribution in [-0.2, 0) is 14.3 Å². The van der Waals surface area contributed by atoms with Crippen molar-refractivity contribution in [2.45, 2.75) is 32.7 Å². The highest BCUT2D eigenvalue weighted by Gasteiger charge is 2.17. The second kappa shape index (κ2) is 7.91. The molecule has 0 saturated carbocycles. The fourth-order valence-electron chi connectivity index (χ4n) is 2.26. The summed E-state index contributed by atoms with van der Waals surface area (Å²) in [5.74, 6) is -0.116. The van der Waals surface area contributed by atoms with Crippen molar-refractivity contribution in [2.24, 2.45) is 0 Å². The van der Waals surface area contributed by atoms with Gasteiger partial charge in [-0.1, -0.05) is 13.0 Å². The van der Waals surface area contributed by atoms with Gasteiger partial charge in [-0.15, -0.1) is 0 Å². The lowest BCUT2D eigenvalue weighted by Gasteiger charge is -2.23. The van der Waals surface area contributed by atoms with Crippen LogP contribution in [-0.4, -0.2) is 37.6 Å². The fourth-order valence-corrected chi connectivity index (χ4v) is 2.26. The molecule has 1 aromatic carbocycles. The number of amides is 2. The lowest BCUT2D eigenvalue weighted by atomic mass is 10.1. The van der Waals surface area contributed by atoms with Crippen LogP contribution in [0, 0.1) is 6.92 Å². The summed E-state index contributed by atoms with van der Waals surface area (Å²) in [5, 5.41) is 8.95. The van der Waals surface area contributed by atoms with Crippen molar-refractivity contribution >= 4 is 23.2 Å². The molecule has 2 rings (SSSR count). The second-order valence-corrected chi connectivity index (χ2v) is 5.41. The molecule has 0 spiro atoms. The van der Waals surface area contributed by atoms with Crippen LogP contribution < -0.4 is 16.0 Å². The molecule has 3 N–H and O–H groups in total. The molecule has 0 aliphatic carbocycles. The molecule has 1 aromatic rings. The quantitative estimate of drug-likeness (QED) is 0.773. The number of carbonyl (C=O) groups is 2. The van der Waals surface area contributed by atoms with Crippen molar-refractivity contribution in [1.82, 2.24) is 5.32 Å². The number of carbonyl (C=O) groups excluding carboxylic acids is 2. The Kier molecular flexibility index (Phi) is 5.91. The third-order valence-corrected chi connectivity index (χ3v) is 3.55. The summed E-state index contributed by atoms with van der Waals surface area (Å²) in [6.07, 6.45) is 0.786. The maximum Gasteiger partial charge on any atom is 0.226 e. The Hall–Kier alpha value is -1.92. The van der Waals surface area contributed by atoms with Crippen LogP contribution in [0.1, 0.15) is 25.3 Å². The Morgan fingerprint density at radius 3 is 2.82 bits per heavy atom. The van der Waals surface area contributed by atoms with Crippen molar-refractivity contribution in [3.63, 3.8) is 0 Å². The number of hydrogen-bond donors (Lipinski definition) is 3. The first kappa shape index (κ1) is 16.5. The van der Waals surface area contributed by atoms with Gasteiger partial charge in [-0.25, -0.2) is 0 Å². The van der Waals surface area contributed by atoms with E-state index in [9.17, 15) is 9.59 Å². The number of hydrogen-bond acceptors (Lipinski definition) is 4. The van der Waals surface area contributed by atoms with E-state index in [1.807, 2.05) is 19.1 Å². The molecular formula is C16H23N3O3. The van der Waals surface area contributed by atoms with E-state index in [1.165, 1.54) is 0 Å². The molecule has 22 heavy (non-hydrogen) atoms. The third kappa shape index (κ3) is 4.82. The van der Waals surface area contributed by atoms with Crippen LogP contribution >= 0.6 is 0 Å². The zero-order chi connectivity index (χ0) is 15.9. The number of rotatable bonds is 5. The zero-order valence-electron chi connectivity index (χ0n) is 13.1. The molecule has 0 radical (unpaired) electrons. The van der Waals surface area contributed by atoms with Crippen molar-refractivity contribution < 1.29 is 14.3 Å². The summed E-state index contributed by atoms with van der Waals surface area (Å²) in [4.78, 5) is 23.6. The normalized spacial score (nSPS) is 17.8. The van der Waals surface area contributed by atoms with E-state index in [2.05, 4.69) is 16.0 Å². The van der Waals surface area contributed by atoms with Crippen molar-refractivity contribution in [3.05, 3.63) is 23.8 Å². The lowest BCUT2D eigenvalue weighted by Crippen LogP contribution is -2.43. The van der Waals surface area contributed by atoms with Crippen molar-refractivity contribution in [3.8, 4) is 0 Å². The summed E-state index contributed by atoms with van der Waals surface area (Å²) in [5.41, 5.74) is 2.36. The van der Waals surface area contributed by atoms with Crippen LogP contribution in [0.2, 0.25) is 0 Å². The van der Waals surface area contributed by atoms with Gasteiger partial charge in [0.05, 0.1) is 13.2 Å². The molecular weight excluding hydrogens is 282 g/mol. The number of aryl methyl sites for hydroxylation is 1. The largest absolute Gasteiger partial charge is 0.378 e. The van der Waals surface area contributed by atoms with Gasteiger partial charge in [0.1, 0.15) is 0 Å². The van der Waals surface area contributed by atoms with Crippen LogP contribution in [0.15, 0.2) is 18.2 Å². The van der Waals surface area contributed by atoms with Gasteiger partial charge in [-0.3, -0.25) is 9.59 Å². The summed E-state index contributed by atoms with van der Waals surface area (Å²) >= 11 is 0. The maximum absolute atomic E-state index is 12.1. The van der Waals surface area contributed by atoms with Crippen LogP contribution in [0.4, 0.5) is 11.4 Å². The number of nitrogens with one attached hydrogen (secondary N) is 3. The van der Waals surface area contributed by atoms with E-state index in [1.54, 1.807) is 13.0 Å². The molecule has 120 valence electrons. The molecule has 1 heterocycles. The van der Waals surface area contributed by atoms with Crippen molar-refractivity contribution in [1.29, 1.82) is 0 Å². The van der Waals surface area contributed by atoms with Gasteiger partial charge in [-0.05, 0) is 24.6 Å². The predicted octanol–water partition coefficient (Wildman–Crippen LogP) is 1.66. The molecule has 0 aromatic heterocycles. The minimum Gasteiger partial charge on any atom is -0.378 e. The number of benzene rings is 1. The van der Waals surface area contributed by atoms with Gasteiger partial charge in [0.25, 0.3) is 0 Å². The second-order valence-electron chi connectivity index (χ2n) is 5.41. The van der Waals surface area contributed by atoms with Gasteiger partial charge >= 0.3 is 0 Å². The number of morpholine rings is 1. The minimum atomic E-state index is -0.0648.